The molecule has 27 heavy (non-hydrogen) atoms. The van der Waals surface area contributed by atoms with Crippen molar-refractivity contribution < 1.29 is 8.42 Å². The van der Waals surface area contributed by atoms with Gasteiger partial charge in [-0.3, -0.25) is 0 Å². The van der Waals surface area contributed by atoms with E-state index in [0.717, 1.165) is 23.5 Å². The summed E-state index contributed by atoms with van der Waals surface area (Å²) < 4.78 is 24.5. The van der Waals surface area contributed by atoms with E-state index in [1.54, 1.807) is 11.3 Å². The van der Waals surface area contributed by atoms with Crippen molar-refractivity contribution >= 4 is 27.1 Å². The molecule has 0 radical (unpaired) electrons. The number of hydrogen-bond donors (Lipinski definition) is 2. The first-order valence-electron chi connectivity index (χ1n) is 9.22. The monoisotopic (exact) mass is 408 g/mol. The second-order valence-corrected chi connectivity index (χ2v) is 9.51. The predicted octanol–water partition coefficient (Wildman–Crippen LogP) is 2.77. The van der Waals surface area contributed by atoms with Crippen LogP contribution >= 0.6 is 11.3 Å². The standard InChI is InChI=1S/C19H28N4O2S2/c1-3-17-13-22-18(26-17)14-23-19(20-4-2)21-11-8-12-27(24,25)15-16-9-6-5-7-10-16/h5-7,9-10,13H,3-4,8,11-12,14-15H2,1-2H3,(H2,20,21,23). The van der Waals surface area contributed by atoms with Crippen LogP contribution in [0.4, 0.5) is 0 Å². The van der Waals surface area contributed by atoms with E-state index in [2.05, 4.69) is 27.5 Å². The maximum atomic E-state index is 12.2. The minimum absolute atomic E-state index is 0.0891. The molecule has 0 bridgehead atoms. The average Bonchev–Trinajstić information content (AvgIpc) is 3.11. The minimum Gasteiger partial charge on any atom is -0.357 e. The van der Waals surface area contributed by atoms with Gasteiger partial charge in [-0.2, -0.15) is 0 Å². The van der Waals surface area contributed by atoms with Crippen molar-refractivity contribution in [1.29, 1.82) is 0 Å². The molecule has 8 heteroatoms. The molecule has 0 saturated carbocycles. The Morgan fingerprint density at radius 2 is 1.96 bits per heavy atom. The quantitative estimate of drug-likeness (QED) is 0.359. The Bertz CT molecular complexity index is 817. The lowest BCUT2D eigenvalue weighted by Gasteiger charge is -2.11. The van der Waals surface area contributed by atoms with Crippen LogP contribution in [0.15, 0.2) is 41.5 Å². The van der Waals surface area contributed by atoms with Crippen LogP contribution in [0.2, 0.25) is 0 Å². The van der Waals surface area contributed by atoms with Crippen LogP contribution in [0.5, 0.6) is 0 Å². The number of thiazole rings is 1. The second kappa shape index (κ2) is 11.0. The van der Waals surface area contributed by atoms with Gasteiger partial charge >= 0.3 is 0 Å². The van der Waals surface area contributed by atoms with Gasteiger partial charge in [-0.25, -0.2) is 18.4 Å². The molecule has 0 aliphatic heterocycles. The number of guanidine groups is 1. The lowest BCUT2D eigenvalue weighted by atomic mass is 10.2. The van der Waals surface area contributed by atoms with E-state index < -0.39 is 9.84 Å². The average molecular weight is 409 g/mol. The second-order valence-electron chi connectivity index (χ2n) is 6.13. The fourth-order valence-corrected chi connectivity index (χ4v) is 4.69. The Labute approximate surface area is 166 Å². The number of hydrogen-bond acceptors (Lipinski definition) is 5. The van der Waals surface area contributed by atoms with Crippen molar-refractivity contribution in [3.63, 3.8) is 0 Å². The molecular weight excluding hydrogens is 380 g/mol. The maximum Gasteiger partial charge on any atom is 0.191 e. The fraction of sp³-hybridized carbons (Fsp3) is 0.474. The Balaban J connectivity index is 1.78. The largest absolute Gasteiger partial charge is 0.357 e. The van der Waals surface area contributed by atoms with E-state index in [9.17, 15) is 8.42 Å². The minimum atomic E-state index is -3.11. The zero-order valence-electron chi connectivity index (χ0n) is 15.9. The topological polar surface area (TPSA) is 83.4 Å². The predicted molar refractivity (Wildman–Crippen MR) is 113 cm³/mol. The number of aliphatic imine (C=N–C) groups is 1. The van der Waals surface area contributed by atoms with Gasteiger partial charge in [0.2, 0.25) is 0 Å². The van der Waals surface area contributed by atoms with Crippen molar-refractivity contribution in [3.8, 4) is 0 Å². The Hall–Kier alpha value is -1.93. The zero-order valence-corrected chi connectivity index (χ0v) is 17.6. The van der Waals surface area contributed by atoms with E-state index in [1.807, 2.05) is 43.5 Å². The molecule has 0 spiro atoms. The molecular formula is C19H28N4O2S2. The van der Waals surface area contributed by atoms with Crippen LogP contribution in [0.3, 0.4) is 0 Å². The highest BCUT2D eigenvalue weighted by Gasteiger charge is 2.11. The van der Waals surface area contributed by atoms with Crippen molar-refractivity contribution in [2.45, 2.75) is 39.0 Å². The molecule has 0 aliphatic rings. The summed E-state index contributed by atoms with van der Waals surface area (Å²) in [6, 6.07) is 9.29. The summed E-state index contributed by atoms with van der Waals surface area (Å²) in [5.41, 5.74) is 0.829. The van der Waals surface area contributed by atoms with E-state index in [1.165, 1.54) is 4.88 Å². The van der Waals surface area contributed by atoms with Crippen LogP contribution in [-0.2, 0) is 28.6 Å². The lowest BCUT2D eigenvalue weighted by molar-refractivity contribution is 0.591. The molecule has 0 amide bonds. The molecule has 0 saturated heterocycles. The number of nitrogens with one attached hydrogen (secondary N) is 2. The van der Waals surface area contributed by atoms with Gasteiger partial charge in [-0.05, 0) is 25.3 Å². The summed E-state index contributed by atoms with van der Waals surface area (Å²) in [4.78, 5) is 10.1. The Morgan fingerprint density at radius 3 is 2.63 bits per heavy atom. The van der Waals surface area contributed by atoms with Crippen LogP contribution in [0.1, 0.15) is 35.7 Å². The summed E-state index contributed by atoms with van der Waals surface area (Å²) in [5, 5.41) is 7.36. The van der Waals surface area contributed by atoms with Gasteiger partial charge in [0, 0.05) is 24.2 Å². The Morgan fingerprint density at radius 1 is 1.19 bits per heavy atom. The molecule has 0 atom stereocenters. The smallest absolute Gasteiger partial charge is 0.191 e. The first kappa shape index (κ1) is 21.4. The van der Waals surface area contributed by atoms with Crippen molar-refractivity contribution in [1.82, 2.24) is 15.6 Å². The highest BCUT2D eigenvalue weighted by atomic mass is 32.2. The lowest BCUT2D eigenvalue weighted by Crippen LogP contribution is -2.38. The van der Waals surface area contributed by atoms with Crippen LogP contribution in [0.25, 0.3) is 0 Å². The van der Waals surface area contributed by atoms with E-state index in [-0.39, 0.29) is 11.5 Å². The van der Waals surface area contributed by atoms with Gasteiger partial charge in [0.25, 0.3) is 0 Å². The van der Waals surface area contributed by atoms with Gasteiger partial charge in [-0.15, -0.1) is 11.3 Å². The molecule has 2 rings (SSSR count). The third kappa shape index (κ3) is 8.09. The Kier molecular flexibility index (Phi) is 8.74. The molecule has 2 aromatic rings. The molecule has 0 aliphatic carbocycles. The number of nitrogens with zero attached hydrogens (tertiary/aromatic N) is 2. The molecule has 2 N–H and O–H groups in total. The first-order valence-corrected chi connectivity index (χ1v) is 11.9. The van der Waals surface area contributed by atoms with E-state index in [4.69, 9.17) is 0 Å². The molecule has 148 valence electrons. The van der Waals surface area contributed by atoms with Gasteiger partial charge in [0.05, 0.1) is 18.1 Å². The molecule has 0 unspecified atom stereocenters. The van der Waals surface area contributed by atoms with Gasteiger partial charge < -0.3 is 10.6 Å². The summed E-state index contributed by atoms with van der Waals surface area (Å²) in [6.07, 6.45) is 3.42. The van der Waals surface area contributed by atoms with Gasteiger partial charge in [-0.1, -0.05) is 37.3 Å². The third-order valence-electron chi connectivity index (χ3n) is 3.82. The number of aryl methyl sites for hydroxylation is 1. The van der Waals surface area contributed by atoms with Crippen molar-refractivity contribution in [3.05, 3.63) is 52.0 Å². The number of benzene rings is 1. The summed E-state index contributed by atoms with van der Waals surface area (Å²) in [5.74, 6) is 0.929. The highest BCUT2D eigenvalue weighted by Crippen LogP contribution is 2.14. The maximum absolute atomic E-state index is 12.2. The first-order chi connectivity index (χ1) is 13.0. The van der Waals surface area contributed by atoms with Crippen LogP contribution < -0.4 is 10.6 Å². The summed E-state index contributed by atoms with van der Waals surface area (Å²) >= 11 is 1.67. The molecule has 0 fully saturated rings. The van der Waals surface area contributed by atoms with Gasteiger partial charge in [0.15, 0.2) is 15.8 Å². The van der Waals surface area contributed by atoms with E-state index >= 15 is 0 Å². The normalized spacial score (nSPS) is 12.1. The number of aromatic nitrogens is 1. The fourth-order valence-electron chi connectivity index (χ4n) is 2.47. The van der Waals surface area contributed by atoms with Crippen LogP contribution in [-0.4, -0.2) is 38.2 Å². The third-order valence-corrected chi connectivity index (χ3v) is 6.63. The van der Waals surface area contributed by atoms with Gasteiger partial charge in [0.1, 0.15) is 5.01 Å². The molecule has 1 aromatic carbocycles. The molecule has 1 aromatic heterocycles. The number of rotatable bonds is 10. The van der Waals surface area contributed by atoms with Crippen molar-refractivity contribution in [2.75, 3.05) is 18.8 Å². The highest BCUT2D eigenvalue weighted by molar-refractivity contribution is 7.90. The number of sulfone groups is 1. The zero-order chi connectivity index (χ0) is 19.5. The van der Waals surface area contributed by atoms with E-state index in [0.29, 0.717) is 25.5 Å². The van der Waals surface area contributed by atoms with Crippen LogP contribution in [0, 0.1) is 0 Å². The molecule has 1 heterocycles. The summed E-state index contributed by atoms with van der Waals surface area (Å²) in [7, 11) is -3.11. The SMILES string of the molecule is CCNC(=NCc1ncc(CC)s1)NCCCS(=O)(=O)Cc1ccccc1. The van der Waals surface area contributed by atoms with Crippen molar-refractivity contribution in [2.24, 2.45) is 4.99 Å². The summed E-state index contributed by atoms with van der Waals surface area (Å²) in [6.45, 7) is 5.93. The molecule has 6 nitrogen and oxygen atoms in total.